The van der Waals surface area contributed by atoms with Gasteiger partial charge in [0, 0.05) is 31.0 Å². The first-order valence-electron chi connectivity index (χ1n) is 9.52. The largest absolute Gasteiger partial charge is 0.370 e. The van der Waals surface area contributed by atoms with Gasteiger partial charge in [0.15, 0.2) is 5.82 Å². The number of H-pyrrole nitrogens is 1. The van der Waals surface area contributed by atoms with Gasteiger partial charge in [-0.1, -0.05) is 0 Å². The van der Waals surface area contributed by atoms with Crippen LogP contribution < -0.4 is 4.90 Å². The van der Waals surface area contributed by atoms with Crippen molar-refractivity contribution < 1.29 is 13.5 Å². The summed E-state index contributed by atoms with van der Waals surface area (Å²) in [5.41, 5.74) is 1.94. The van der Waals surface area contributed by atoms with Crippen LogP contribution in [0, 0.1) is 11.3 Å². The number of nitriles is 1. The number of morpholine rings is 1. The van der Waals surface area contributed by atoms with E-state index in [4.69, 9.17) is 4.74 Å². The molecule has 0 amide bonds. The van der Waals surface area contributed by atoms with Crippen molar-refractivity contribution in [3.63, 3.8) is 0 Å². The quantitative estimate of drug-likeness (QED) is 0.539. The summed E-state index contributed by atoms with van der Waals surface area (Å²) in [4.78, 5) is 15.3. The zero-order valence-electron chi connectivity index (χ0n) is 16.1. The molecule has 0 bridgehead atoms. The van der Waals surface area contributed by atoms with Crippen molar-refractivity contribution in [2.75, 3.05) is 24.6 Å². The fourth-order valence-corrected chi connectivity index (χ4v) is 3.64. The number of ether oxygens (including phenoxy) is 1. The third-order valence-electron chi connectivity index (χ3n) is 5.16. The summed E-state index contributed by atoms with van der Waals surface area (Å²) in [6, 6.07) is 7.32. The zero-order chi connectivity index (χ0) is 21.4. The lowest BCUT2D eigenvalue weighted by atomic mass is 10.1. The number of aromatic amines is 1. The van der Waals surface area contributed by atoms with Crippen molar-refractivity contribution >= 4 is 11.5 Å². The molecule has 0 aliphatic carbocycles. The number of alkyl halides is 2. The van der Waals surface area contributed by atoms with Gasteiger partial charge < -0.3 is 9.64 Å². The summed E-state index contributed by atoms with van der Waals surface area (Å²) in [7, 11) is 0. The number of hydrogen-bond donors (Lipinski definition) is 1. The van der Waals surface area contributed by atoms with Gasteiger partial charge in [0.05, 0.1) is 24.6 Å². The summed E-state index contributed by atoms with van der Waals surface area (Å²) in [5.74, 6) is 1.09. The second-order valence-electron chi connectivity index (χ2n) is 6.98. The average Bonchev–Trinajstić information content (AvgIpc) is 3.46. The van der Waals surface area contributed by atoms with E-state index >= 15 is 0 Å². The molecule has 1 atom stereocenters. The van der Waals surface area contributed by atoms with Crippen LogP contribution in [0.4, 0.5) is 14.6 Å². The van der Waals surface area contributed by atoms with Gasteiger partial charge in [-0.25, -0.2) is 23.7 Å². The normalized spacial score (nSPS) is 16.7. The highest BCUT2D eigenvalue weighted by molar-refractivity contribution is 5.59. The van der Waals surface area contributed by atoms with Crippen molar-refractivity contribution in [2.24, 2.45) is 0 Å². The molecule has 0 spiro atoms. The first-order chi connectivity index (χ1) is 15.1. The molecule has 0 aromatic carbocycles. The van der Waals surface area contributed by atoms with Gasteiger partial charge in [0.25, 0.3) is 6.43 Å². The number of pyridine rings is 1. The molecule has 1 N–H and O–H groups in total. The molecule has 0 saturated carbocycles. The molecule has 1 saturated heterocycles. The zero-order valence-corrected chi connectivity index (χ0v) is 16.1. The molecule has 5 heterocycles. The Kier molecular flexibility index (Phi) is 4.76. The molecule has 5 rings (SSSR count). The number of hydrogen-bond acceptors (Lipinski definition) is 7. The standard InChI is InChI=1S/C20H16F2N8O/c21-19(22)18-13(8-26-28-18)15-11-29(5-6-31-15)17-3-4-24-20(27-17)14-9-25-16-2-1-12(7-23)10-30(14)16/h1-4,8-10,15,19H,5-6,11H2,(H,26,28). The fraction of sp³-hybridized carbons (Fsp3) is 0.250. The van der Waals surface area contributed by atoms with E-state index in [1.807, 2.05) is 4.90 Å². The van der Waals surface area contributed by atoms with Crippen molar-refractivity contribution in [3.05, 3.63) is 59.8 Å². The van der Waals surface area contributed by atoms with Crippen molar-refractivity contribution in [1.82, 2.24) is 29.5 Å². The number of halogens is 2. The molecular weight excluding hydrogens is 406 g/mol. The number of anilines is 1. The summed E-state index contributed by atoms with van der Waals surface area (Å²) in [6.07, 6.45) is 3.14. The lowest BCUT2D eigenvalue weighted by molar-refractivity contribution is 0.0359. The number of nitrogens with zero attached hydrogens (tertiary/aromatic N) is 7. The van der Waals surface area contributed by atoms with Gasteiger partial charge in [-0.05, 0) is 18.2 Å². The molecule has 11 heteroatoms. The molecule has 31 heavy (non-hydrogen) atoms. The minimum Gasteiger partial charge on any atom is -0.370 e. The molecule has 9 nitrogen and oxygen atoms in total. The van der Waals surface area contributed by atoms with E-state index in [1.165, 1.54) is 6.20 Å². The van der Waals surface area contributed by atoms with Gasteiger partial charge in [0.1, 0.15) is 35.0 Å². The van der Waals surface area contributed by atoms with Crippen LogP contribution in [-0.2, 0) is 4.74 Å². The summed E-state index contributed by atoms with van der Waals surface area (Å²) in [5, 5.41) is 15.3. The Labute approximate surface area is 175 Å². The Hall–Kier alpha value is -3.91. The van der Waals surface area contributed by atoms with Crippen LogP contribution in [0.3, 0.4) is 0 Å². The molecule has 4 aromatic rings. The van der Waals surface area contributed by atoms with Crippen molar-refractivity contribution in [1.29, 1.82) is 5.26 Å². The Morgan fingerprint density at radius 1 is 1.23 bits per heavy atom. The third-order valence-corrected chi connectivity index (χ3v) is 5.16. The topological polar surface area (TPSA) is 108 Å². The highest BCUT2D eigenvalue weighted by Gasteiger charge is 2.29. The second kappa shape index (κ2) is 7.73. The van der Waals surface area contributed by atoms with Crippen LogP contribution >= 0.6 is 0 Å². The van der Waals surface area contributed by atoms with E-state index in [0.717, 1.165) is 0 Å². The van der Waals surface area contributed by atoms with E-state index < -0.39 is 12.5 Å². The second-order valence-corrected chi connectivity index (χ2v) is 6.98. The maximum absolute atomic E-state index is 13.2. The number of aromatic nitrogens is 6. The minimum atomic E-state index is -2.66. The number of nitrogens with one attached hydrogen (secondary N) is 1. The Balaban J connectivity index is 1.45. The average molecular weight is 422 g/mol. The molecule has 156 valence electrons. The lowest BCUT2D eigenvalue weighted by Gasteiger charge is -2.33. The van der Waals surface area contributed by atoms with Crippen molar-refractivity contribution in [2.45, 2.75) is 12.5 Å². The number of rotatable bonds is 4. The first kappa shape index (κ1) is 19.1. The fourth-order valence-electron chi connectivity index (χ4n) is 3.64. The Bertz CT molecular complexity index is 1280. The van der Waals surface area contributed by atoms with E-state index in [1.54, 1.807) is 41.2 Å². The first-order valence-corrected chi connectivity index (χ1v) is 9.52. The smallest absolute Gasteiger partial charge is 0.280 e. The molecule has 1 unspecified atom stereocenters. The van der Waals surface area contributed by atoms with Crippen LogP contribution in [0.25, 0.3) is 17.2 Å². The number of imidazole rings is 1. The van der Waals surface area contributed by atoms with Gasteiger partial charge in [-0.3, -0.25) is 9.50 Å². The maximum Gasteiger partial charge on any atom is 0.280 e. The van der Waals surface area contributed by atoms with Gasteiger partial charge in [0.2, 0.25) is 0 Å². The number of fused-ring (bicyclic) bond motifs is 1. The monoisotopic (exact) mass is 422 g/mol. The van der Waals surface area contributed by atoms with E-state index in [-0.39, 0.29) is 5.69 Å². The minimum absolute atomic E-state index is 0.228. The van der Waals surface area contributed by atoms with E-state index in [0.29, 0.717) is 53.8 Å². The maximum atomic E-state index is 13.2. The molecule has 0 radical (unpaired) electrons. The van der Waals surface area contributed by atoms with Crippen LogP contribution in [0.15, 0.2) is 43.0 Å². The Morgan fingerprint density at radius 2 is 2.13 bits per heavy atom. The Morgan fingerprint density at radius 3 is 2.97 bits per heavy atom. The third kappa shape index (κ3) is 3.47. The predicted molar refractivity (Wildman–Crippen MR) is 105 cm³/mol. The van der Waals surface area contributed by atoms with Crippen LogP contribution in [0.1, 0.15) is 29.4 Å². The van der Waals surface area contributed by atoms with Gasteiger partial charge >= 0.3 is 0 Å². The summed E-state index contributed by atoms with van der Waals surface area (Å²) in [6.45, 7) is 1.26. The lowest BCUT2D eigenvalue weighted by Crippen LogP contribution is -2.39. The van der Waals surface area contributed by atoms with E-state index in [2.05, 4.69) is 31.2 Å². The van der Waals surface area contributed by atoms with Crippen molar-refractivity contribution in [3.8, 4) is 17.6 Å². The van der Waals surface area contributed by atoms with Gasteiger partial charge in [-0.15, -0.1) is 0 Å². The summed E-state index contributed by atoms with van der Waals surface area (Å²) >= 11 is 0. The molecular formula is C20H16F2N8O. The summed E-state index contributed by atoms with van der Waals surface area (Å²) < 4.78 is 34.0. The highest BCUT2D eigenvalue weighted by Crippen LogP contribution is 2.31. The highest BCUT2D eigenvalue weighted by atomic mass is 19.3. The van der Waals surface area contributed by atoms with Crippen LogP contribution in [0.5, 0.6) is 0 Å². The molecule has 1 fully saturated rings. The van der Waals surface area contributed by atoms with Gasteiger partial charge in [-0.2, -0.15) is 10.4 Å². The van der Waals surface area contributed by atoms with Crippen LogP contribution in [-0.4, -0.2) is 49.2 Å². The SMILES string of the molecule is N#Cc1ccc2ncc(-c3nccc(N4CCOC(c5cn[nH]c5C(F)F)C4)n3)n2c1. The van der Waals surface area contributed by atoms with Crippen LogP contribution in [0.2, 0.25) is 0 Å². The molecule has 1 aliphatic rings. The van der Waals surface area contributed by atoms with E-state index in [9.17, 15) is 14.0 Å². The molecule has 4 aromatic heterocycles. The predicted octanol–water partition coefficient (Wildman–Crippen LogP) is 2.90. The molecule has 1 aliphatic heterocycles.